The number of imidazole rings is 1. The first kappa shape index (κ1) is 27.4. The Morgan fingerprint density at radius 1 is 0.667 bits per heavy atom. The molecule has 5 nitrogen and oxygen atoms in total. The Morgan fingerprint density at radius 3 is 2.10 bits per heavy atom. The van der Waals surface area contributed by atoms with Crippen LogP contribution in [0.25, 0.3) is 50.6 Å². The number of aromatic hydroxyl groups is 1. The number of hydrogen-bond donors (Lipinski definition) is 1. The predicted molar refractivity (Wildman–Crippen MR) is 172 cm³/mol. The van der Waals surface area contributed by atoms with E-state index >= 15 is 0 Å². The molecule has 0 amide bonds. The zero-order valence-electron chi connectivity index (χ0n) is 25.1. The van der Waals surface area contributed by atoms with Crippen molar-refractivity contribution < 1.29 is 5.11 Å². The van der Waals surface area contributed by atoms with E-state index in [9.17, 15) is 5.11 Å². The first-order valence-corrected chi connectivity index (χ1v) is 14.4. The maximum absolute atomic E-state index is 11.8. The Hall–Kier alpha value is -4.77. The second-order valence-corrected chi connectivity index (χ2v) is 12.8. The number of para-hydroxylation sites is 1. The zero-order valence-corrected chi connectivity index (χ0v) is 25.1. The van der Waals surface area contributed by atoms with Crippen molar-refractivity contribution in [2.24, 2.45) is 0 Å². The predicted octanol–water partition coefficient (Wildman–Crippen LogP) is 9.12. The van der Waals surface area contributed by atoms with Crippen molar-refractivity contribution in [3.8, 4) is 45.3 Å². The first-order chi connectivity index (χ1) is 20.0. The van der Waals surface area contributed by atoms with Crippen molar-refractivity contribution in [1.29, 1.82) is 0 Å². The highest BCUT2D eigenvalue weighted by Gasteiger charge is 2.28. The largest absolute Gasteiger partial charge is 0.507 e. The van der Waals surface area contributed by atoms with Gasteiger partial charge in [0.05, 0.1) is 22.5 Å². The van der Waals surface area contributed by atoms with Crippen LogP contribution in [0.1, 0.15) is 52.7 Å². The minimum atomic E-state index is -0.262. The quantitative estimate of drug-likeness (QED) is 0.237. The molecule has 42 heavy (non-hydrogen) atoms. The van der Waals surface area contributed by atoms with E-state index in [2.05, 4.69) is 93.6 Å². The van der Waals surface area contributed by atoms with Crippen LogP contribution in [0.3, 0.4) is 0 Å². The maximum atomic E-state index is 11.8. The van der Waals surface area contributed by atoms with Gasteiger partial charge in [0.15, 0.2) is 0 Å². The van der Waals surface area contributed by atoms with Crippen LogP contribution in [0, 0.1) is 0 Å². The van der Waals surface area contributed by atoms with Gasteiger partial charge in [-0.2, -0.15) is 0 Å². The van der Waals surface area contributed by atoms with Crippen molar-refractivity contribution in [3.63, 3.8) is 0 Å². The lowest BCUT2D eigenvalue weighted by molar-refractivity contribution is 0.446. The molecule has 3 aromatic carbocycles. The van der Waals surface area contributed by atoms with E-state index in [0.717, 1.165) is 50.4 Å². The number of benzene rings is 3. The topological polar surface area (TPSA) is 63.8 Å². The van der Waals surface area contributed by atoms with E-state index in [0.29, 0.717) is 11.4 Å². The molecule has 0 saturated carbocycles. The molecule has 0 bridgehead atoms. The summed E-state index contributed by atoms with van der Waals surface area (Å²) in [5.41, 5.74) is 8.68. The molecule has 210 valence electrons. The SMILES string of the molecule is CC(C)(C)c1cc(-c2nc3c(-c4cccc(-c5ccccn5)c4)nccc3n2-c2ccccc2)c(O)c(C(C)(C)C)c1. The minimum absolute atomic E-state index is 0.120. The van der Waals surface area contributed by atoms with Crippen molar-refractivity contribution in [1.82, 2.24) is 19.5 Å². The minimum Gasteiger partial charge on any atom is -0.507 e. The van der Waals surface area contributed by atoms with E-state index in [1.807, 2.05) is 54.7 Å². The summed E-state index contributed by atoms with van der Waals surface area (Å²) in [4.78, 5) is 14.6. The lowest BCUT2D eigenvalue weighted by Crippen LogP contribution is -2.17. The molecule has 0 saturated heterocycles. The van der Waals surface area contributed by atoms with Gasteiger partial charge in [-0.15, -0.1) is 0 Å². The Labute approximate surface area is 247 Å². The third-order valence-electron chi connectivity index (χ3n) is 7.71. The standard InChI is InChI=1S/C37H36N4O/c1-36(2,3)26-22-28(34(42)29(23-26)37(4,5)6)35-40-33-31(41(35)27-15-8-7-9-16-27)18-20-39-32(33)25-14-12-13-24(21-25)30-17-10-11-19-38-30/h7-23,42H,1-6H3. The number of aromatic nitrogens is 4. The van der Waals surface area contributed by atoms with E-state index in [4.69, 9.17) is 9.97 Å². The van der Waals surface area contributed by atoms with E-state index in [1.165, 1.54) is 0 Å². The van der Waals surface area contributed by atoms with Gasteiger partial charge in [-0.05, 0) is 58.9 Å². The van der Waals surface area contributed by atoms with Crippen LogP contribution in [0.2, 0.25) is 0 Å². The zero-order chi connectivity index (χ0) is 29.6. The molecule has 0 aliphatic rings. The van der Waals surface area contributed by atoms with Crippen LogP contribution < -0.4 is 0 Å². The number of hydrogen-bond acceptors (Lipinski definition) is 4. The van der Waals surface area contributed by atoms with E-state index in [1.54, 1.807) is 6.20 Å². The van der Waals surface area contributed by atoms with Crippen LogP contribution in [0.15, 0.2) is 103 Å². The van der Waals surface area contributed by atoms with Crippen LogP contribution in [-0.4, -0.2) is 24.6 Å². The number of pyridine rings is 2. The van der Waals surface area contributed by atoms with Crippen LogP contribution in [0.4, 0.5) is 0 Å². The fourth-order valence-corrected chi connectivity index (χ4v) is 5.40. The Morgan fingerprint density at radius 2 is 1.40 bits per heavy atom. The third kappa shape index (κ3) is 4.96. The average Bonchev–Trinajstić information content (AvgIpc) is 3.36. The number of fused-ring (bicyclic) bond motifs is 1. The first-order valence-electron chi connectivity index (χ1n) is 14.4. The van der Waals surface area contributed by atoms with Gasteiger partial charge in [-0.3, -0.25) is 14.5 Å². The Balaban J connectivity index is 1.66. The molecule has 6 aromatic rings. The summed E-state index contributed by atoms with van der Waals surface area (Å²) >= 11 is 0. The third-order valence-corrected chi connectivity index (χ3v) is 7.71. The molecule has 6 rings (SSSR count). The van der Waals surface area contributed by atoms with Crippen molar-refractivity contribution in [2.45, 2.75) is 52.4 Å². The molecule has 3 heterocycles. The fraction of sp³-hybridized carbons (Fsp3) is 0.216. The Kier molecular flexibility index (Phi) is 6.69. The van der Waals surface area contributed by atoms with E-state index < -0.39 is 0 Å². The van der Waals surface area contributed by atoms with Gasteiger partial charge in [-0.25, -0.2) is 4.98 Å². The molecule has 3 aromatic heterocycles. The summed E-state index contributed by atoms with van der Waals surface area (Å²) in [6.45, 7) is 13.0. The second kappa shape index (κ2) is 10.3. The lowest BCUT2D eigenvalue weighted by Gasteiger charge is -2.27. The molecular formula is C37H36N4O. The van der Waals surface area contributed by atoms with Crippen LogP contribution >= 0.6 is 0 Å². The molecule has 0 radical (unpaired) electrons. The molecule has 0 aliphatic carbocycles. The molecule has 1 N–H and O–H groups in total. The summed E-state index contributed by atoms with van der Waals surface area (Å²) in [5, 5.41) is 11.8. The van der Waals surface area contributed by atoms with Crippen molar-refractivity contribution in [3.05, 3.63) is 115 Å². The summed E-state index contributed by atoms with van der Waals surface area (Å²) in [6.07, 6.45) is 3.64. The van der Waals surface area contributed by atoms with Crippen molar-refractivity contribution >= 4 is 11.0 Å². The van der Waals surface area contributed by atoms with Gasteiger partial charge in [0.1, 0.15) is 17.1 Å². The average molecular weight is 553 g/mol. The van der Waals surface area contributed by atoms with Gasteiger partial charge in [0.2, 0.25) is 0 Å². The normalized spacial score (nSPS) is 12.1. The number of phenols is 1. The molecule has 0 aliphatic heterocycles. The van der Waals surface area contributed by atoms with Gasteiger partial charge >= 0.3 is 0 Å². The monoisotopic (exact) mass is 552 g/mol. The number of phenolic OH excluding ortho intramolecular Hbond substituents is 1. The van der Waals surface area contributed by atoms with Crippen LogP contribution in [-0.2, 0) is 10.8 Å². The van der Waals surface area contributed by atoms with Gasteiger partial charge in [0, 0.05) is 34.8 Å². The van der Waals surface area contributed by atoms with Gasteiger partial charge in [0.25, 0.3) is 0 Å². The lowest BCUT2D eigenvalue weighted by atomic mass is 9.79. The summed E-state index contributed by atoms with van der Waals surface area (Å²) in [5.74, 6) is 0.940. The highest BCUT2D eigenvalue weighted by atomic mass is 16.3. The number of rotatable bonds is 4. The van der Waals surface area contributed by atoms with E-state index in [-0.39, 0.29) is 16.6 Å². The molecule has 0 unspecified atom stereocenters. The summed E-state index contributed by atoms with van der Waals surface area (Å²) in [6, 6.07) is 30.6. The maximum Gasteiger partial charge on any atom is 0.149 e. The molecular weight excluding hydrogens is 516 g/mol. The second-order valence-electron chi connectivity index (χ2n) is 12.8. The fourth-order valence-electron chi connectivity index (χ4n) is 5.40. The van der Waals surface area contributed by atoms with Crippen LogP contribution in [0.5, 0.6) is 5.75 Å². The number of nitrogens with zero attached hydrogens (tertiary/aromatic N) is 4. The molecule has 0 atom stereocenters. The summed E-state index contributed by atoms with van der Waals surface area (Å²) < 4.78 is 2.14. The van der Waals surface area contributed by atoms with Crippen molar-refractivity contribution in [2.75, 3.05) is 0 Å². The highest BCUT2D eigenvalue weighted by molar-refractivity contribution is 5.94. The highest BCUT2D eigenvalue weighted by Crippen LogP contribution is 2.44. The molecule has 0 spiro atoms. The Bertz CT molecular complexity index is 1890. The molecule has 5 heteroatoms. The smallest absolute Gasteiger partial charge is 0.149 e. The molecule has 0 fully saturated rings. The summed E-state index contributed by atoms with van der Waals surface area (Å²) in [7, 11) is 0. The van der Waals surface area contributed by atoms with Gasteiger partial charge in [-0.1, -0.05) is 90.1 Å². The van der Waals surface area contributed by atoms with Gasteiger partial charge < -0.3 is 5.11 Å².